The Bertz CT molecular complexity index is 545. The van der Waals surface area contributed by atoms with Gasteiger partial charge in [0.2, 0.25) is 0 Å². The van der Waals surface area contributed by atoms with Crippen LogP contribution in [0.15, 0.2) is 34.9 Å². The molecule has 1 unspecified atom stereocenters. The highest BCUT2D eigenvalue weighted by Gasteiger charge is 2.17. The smallest absolute Gasteiger partial charge is 0.108 e. The molecule has 0 saturated carbocycles. The second-order valence-corrected chi connectivity index (χ2v) is 5.01. The van der Waals surface area contributed by atoms with Crippen LogP contribution in [-0.4, -0.2) is 0 Å². The summed E-state index contributed by atoms with van der Waals surface area (Å²) in [7, 11) is 0. The highest BCUT2D eigenvalue weighted by Crippen LogP contribution is 2.24. The second-order valence-electron chi connectivity index (χ2n) is 5.01. The van der Waals surface area contributed by atoms with E-state index in [2.05, 4.69) is 44.4 Å². The van der Waals surface area contributed by atoms with Crippen LogP contribution in [0.4, 0.5) is 0 Å². The Balaban J connectivity index is 2.26. The Hall–Kier alpha value is -1.58. The van der Waals surface area contributed by atoms with Crippen LogP contribution in [0.5, 0.6) is 0 Å². The number of hydrazine groups is 1. The van der Waals surface area contributed by atoms with Gasteiger partial charge in [-0.1, -0.05) is 30.7 Å². The molecule has 0 aliphatic carbocycles. The molecule has 102 valence electrons. The summed E-state index contributed by atoms with van der Waals surface area (Å²) in [5, 5.41) is 0. The quantitative estimate of drug-likeness (QED) is 0.639. The fourth-order valence-electron chi connectivity index (χ4n) is 2.45. The van der Waals surface area contributed by atoms with Gasteiger partial charge in [-0.2, -0.15) is 0 Å². The monoisotopic (exact) mass is 258 g/mol. The van der Waals surface area contributed by atoms with Crippen LogP contribution >= 0.6 is 0 Å². The number of aryl methyl sites for hydroxylation is 3. The van der Waals surface area contributed by atoms with Crippen LogP contribution in [0, 0.1) is 13.8 Å². The van der Waals surface area contributed by atoms with Crippen molar-refractivity contribution in [2.45, 2.75) is 39.7 Å². The van der Waals surface area contributed by atoms with Crippen molar-refractivity contribution in [2.75, 3.05) is 0 Å². The largest absolute Gasteiger partial charge is 0.469 e. The Labute approximate surface area is 114 Å². The van der Waals surface area contributed by atoms with Crippen LogP contribution in [0.2, 0.25) is 0 Å². The number of nitrogens with one attached hydrogen (secondary N) is 1. The first-order chi connectivity index (χ1) is 9.15. The Morgan fingerprint density at radius 2 is 2.05 bits per heavy atom. The molecular formula is C16H22N2O. The standard InChI is InChI=1S/C16H22N2O/c1-4-16-14(7-8-19-16)15(18-17)10-13-9-11(2)5-6-12(13)3/h5-9,15,18H,4,10,17H2,1-3H3. The number of benzene rings is 1. The van der Waals surface area contributed by atoms with Crippen molar-refractivity contribution < 1.29 is 4.42 Å². The van der Waals surface area contributed by atoms with Crippen molar-refractivity contribution in [1.29, 1.82) is 0 Å². The Morgan fingerprint density at radius 1 is 1.26 bits per heavy atom. The Kier molecular flexibility index (Phi) is 4.40. The summed E-state index contributed by atoms with van der Waals surface area (Å²) in [5.41, 5.74) is 7.97. The van der Waals surface area contributed by atoms with Crippen molar-refractivity contribution in [1.82, 2.24) is 5.43 Å². The molecule has 0 aliphatic rings. The zero-order valence-corrected chi connectivity index (χ0v) is 11.9. The fourth-order valence-corrected chi connectivity index (χ4v) is 2.45. The maximum Gasteiger partial charge on any atom is 0.108 e. The van der Waals surface area contributed by atoms with E-state index in [0.29, 0.717) is 0 Å². The molecule has 3 nitrogen and oxygen atoms in total. The van der Waals surface area contributed by atoms with Crippen LogP contribution in [0.25, 0.3) is 0 Å². The number of hydrogen-bond acceptors (Lipinski definition) is 3. The molecule has 3 heteroatoms. The van der Waals surface area contributed by atoms with E-state index >= 15 is 0 Å². The minimum atomic E-state index is 0.0919. The van der Waals surface area contributed by atoms with Crippen LogP contribution in [0.1, 0.15) is 41.0 Å². The summed E-state index contributed by atoms with van der Waals surface area (Å²) in [5.74, 6) is 6.74. The lowest BCUT2D eigenvalue weighted by Crippen LogP contribution is -2.30. The Morgan fingerprint density at radius 3 is 2.74 bits per heavy atom. The zero-order valence-electron chi connectivity index (χ0n) is 11.9. The van der Waals surface area contributed by atoms with Gasteiger partial charge in [0.15, 0.2) is 0 Å². The molecule has 0 spiro atoms. The van der Waals surface area contributed by atoms with Gasteiger partial charge < -0.3 is 4.42 Å². The highest BCUT2D eigenvalue weighted by molar-refractivity contribution is 5.33. The first-order valence-corrected chi connectivity index (χ1v) is 6.74. The van der Waals surface area contributed by atoms with E-state index in [-0.39, 0.29) is 6.04 Å². The van der Waals surface area contributed by atoms with E-state index < -0.39 is 0 Å². The molecule has 0 fully saturated rings. The van der Waals surface area contributed by atoms with Gasteiger partial charge in [0.25, 0.3) is 0 Å². The van der Waals surface area contributed by atoms with E-state index in [4.69, 9.17) is 10.3 Å². The molecule has 0 aliphatic heterocycles. The average Bonchev–Trinajstić information content (AvgIpc) is 2.88. The van der Waals surface area contributed by atoms with Gasteiger partial charge in [-0.3, -0.25) is 11.3 Å². The molecule has 2 aromatic rings. The van der Waals surface area contributed by atoms with Crippen LogP contribution < -0.4 is 11.3 Å². The third-order valence-electron chi connectivity index (χ3n) is 3.61. The molecular weight excluding hydrogens is 236 g/mol. The van der Waals surface area contributed by atoms with Crippen molar-refractivity contribution in [3.05, 3.63) is 58.5 Å². The topological polar surface area (TPSA) is 51.2 Å². The van der Waals surface area contributed by atoms with Gasteiger partial charge in [-0.15, -0.1) is 0 Å². The van der Waals surface area contributed by atoms with Gasteiger partial charge in [-0.05, 0) is 37.5 Å². The van der Waals surface area contributed by atoms with E-state index in [1.807, 2.05) is 6.07 Å². The first-order valence-electron chi connectivity index (χ1n) is 6.74. The fraction of sp³-hybridized carbons (Fsp3) is 0.375. The lowest BCUT2D eigenvalue weighted by Gasteiger charge is -2.17. The number of rotatable bonds is 5. The molecule has 1 aromatic carbocycles. The summed E-state index contributed by atoms with van der Waals surface area (Å²) >= 11 is 0. The van der Waals surface area contributed by atoms with Gasteiger partial charge >= 0.3 is 0 Å². The second kappa shape index (κ2) is 6.04. The number of furan rings is 1. The summed E-state index contributed by atoms with van der Waals surface area (Å²) in [6, 6.07) is 8.63. The highest BCUT2D eigenvalue weighted by atomic mass is 16.3. The van der Waals surface area contributed by atoms with Gasteiger partial charge in [-0.25, -0.2) is 0 Å². The normalized spacial score (nSPS) is 12.6. The SMILES string of the molecule is CCc1occc1C(Cc1cc(C)ccc1C)NN. The van der Waals surface area contributed by atoms with Crippen molar-refractivity contribution >= 4 is 0 Å². The molecule has 2 rings (SSSR count). The third-order valence-corrected chi connectivity index (χ3v) is 3.61. The summed E-state index contributed by atoms with van der Waals surface area (Å²) < 4.78 is 5.49. The van der Waals surface area contributed by atoms with E-state index in [9.17, 15) is 0 Å². The van der Waals surface area contributed by atoms with E-state index in [1.54, 1.807) is 6.26 Å². The summed E-state index contributed by atoms with van der Waals surface area (Å²) in [4.78, 5) is 0. The minimum absolute atomic E-state index is 0.0919. The minimum Gasteiger partial charge on any atom is -0.469 e. The molecule has 1 aromatic heterocycles. The first kappa shape index (κ1) is 13.8. The predicted octanol–water partition coefficient (Wildman–Crippen LogP) is 3.21. The molecule has 0 radical (unpaired) electrons. The summed E-state index contributed by atoms with van der Waals surface area (Å²) in [6.07, 6.45) is 3.49. The molecule has 3 N–H and O–H groups in total. The molecule has 0 saturated heterocycles. The van der Waals surface area contributed by atoms with Gasteiger partial charge in [0.1, 0.15) is 5.76 Å². The van der Waals surface area contributed by atoms with E-state index in [0.717, 1.165) is 24.2 Å². The third kappa shape index (κ3) is 3.06. The molecule has 19 heavy (non-hydrogen) atoms. The average molecular weight is 258 g/mol. The molecule has 1 atom stereocenters. The van der Waals surface area contributed by atoms with Gasteiger partial charge in [0.05, 0.1) is 12.3 Å². The predicted molar refractivity (Wildman–Crippen MR) is 77.8 cm³/mol. The van der Waals surface area contributed by atoms with Crippen LogP contribution in [-0.2, 0) is 12.8 Å². The van der Waals surface area contributed by atoms with E-state index in [1.165, 1.54) is 16.7 Å². The zero-order chi connectivity index (χ0) is 13.8. The molecule has 0 bridgehead atoms. The molecule has 0 amide bonds. The van der Waals surface area contributed by atoms with Crippen molar-refractivity contribution in [3.8, 4) is 0 Å². The number of nitrogens with two attached hydrogens (primary N) is 1. The summed E-state index contributed by atoms with van der Waals surface area (Å²) in [6.45, 7) is 6.34. The van der Waals surface area contributed by atoms with Crippen LogP contribution in [0.3, 0.4) is 0 Å². The van der Waals surface area contributed by atoms with Crippen molar-refractivity contribution in [2.24, 2.45) is 5.84 Å². The number of hydrogen-bond donors (Lipinski definition) is 2. The maximum absolute atomic E-state index is 5.73. The maximum atomic E-state index is 5.73. The van der Waals surface area contributed by atoms with Crippen molar-refractivity contribution in [3.63, 3.8) is 0 Å². The lowest BCUT2D eigenvalue weighted by molar-refractivity contribution is 0.487. The lowest BCUT2D eigenvalue weighted by atomic mass is 9.95. The molecule has 1 heterocycles. The van der Waals surface area contributed by atoms with Gasteiger partial charge in [0, 0.05) is 12.0 Å².